The van der Waals surface area contributed by atoms with E-state index in [1.54, 1.807) is 37.2 Å². The van der Waals surface area contributed by atoms with Crippen LogP contribution >= 0.6 is 0 Å². The van der Waals surface area contributed by atoms with Crippen molar-refractivity contribution in [2.45, 2.75) is 63.9 Å². The molecular weight excluding hydrogens is 321 g/mol. The zero-order valence-electron chi connectivity index (χ0n) is 15.8. The monoisotopic (exact) mass is 349 g/mol. The third-order valence-corrected chi connectivity index (χ3v) is 6.13. The van der Waals surface area contributed by atoms with Crippen LogP contribution in [0, 0.1) is 11.2 Å². The topological polar surface area (TPSA) is 38.8 Å². The van der Waals surface area contributed by atoms with Gasteiger partial charge in [-0.25, -0.2) is 4.39 Å². The summed E-state index contributed by atoms with van der Waals surface area (Å²) in [4.78, 5) is 14.4. The number of carbonyl (C=O) groups excluding carboxylic acids is 1. The van der Waals surface area contributed by atoms with E-state index in [1.807, 2.05) is 20.8 Å². The molecule has 5 heteroatoms. The number of ether oxygens (including phenoxy) is 2. The molecule has 2 aliphatic rings. The van der Waals surface area contributed by atoms with E-state index in [2.05, 4.69) is 0 Å². The fourth-order valence-electron chi connectivity index (χ4n) is 4.37. The molecule has 3 atom stereocenters. The van der Waals surface area contributed by atoms with Gasteiger partial charge in [0.1, 0.15) is 5.82 Å². The van der Waals surface area contributed by atoms with E-state index in [-0.39, 0.29) is 24.4 Å². The maximum absolute atomic E-state index is 13.8. The summed E-state index contributed by atoms with van der Waals surface area (Å²) in [6, 6.07) is 6.66. The lowest BCUT2D eigenvalue weighted by molar-refractivity contribution is -0.160. The zero-order valence-corrected chi connectivity index (χ0v) is 15.8. The van der Waals surface area contributed by atoms with Gasteiger partial charge in [-0.2, -0.15) is 0 Å². The van der Waals surface area contributed by atoms with Crippen molar-refractivity contribution in [3.63, 3.8) is 0 Å². The highest BCUT2D eigenvalue weighted by Crippen LogP contribution is 2.59. The highest BCUT2D eigenvalue weighted by molar-refractivity contribution is 5.83. The van der Waals surface area contributed by atoms with Crippen molar-refractivity contribution in [3.8, 4) is 0 Å². The average molecular weight is 349 g/mol. The molecule has 4 nitrogen and oxygen atoms in total. The van der Waals surface area contributed by atoms with Crippen molar-refractivity contribution in [1.82, 2.24) is 4.90 Å². The van der Waals surface area contributed by atoms with Gasteiger partial charge in [-0.3, -0.25) is 4.79 Å². The summed E-state index contributed by atoms with van der Waals surface area (Å²) in [5.41, 5.74) is -1.03. The Bertz CT molecular complexity index is 675. The maximum Gasteiger partial charge on any atom is 0.230 e. The van der Waals surface area contributed by atoms with Gasteiger partial charge in [0.25, 0.3) is 0 Å². The summed E-state index contributed by atoms with van der Waals surface area (Å²) >= 11 is 0. The molecule has 0 spiro atoms. The van der Waals surface area contributed by atoms with E-state index in [0.29, 0.717) is 12.0 Å². The number of benzene rings is 1. The van der Waals surface area contributed by atoms with Gasteiger partial charge >= 0.3 is 0 Å². The highest BCUT2D eigenvalue weighted by atomic mass is 19.1. The molecule has 3 rings (SSSR count). The van der Waals surface area contributed by atoms with Crippen molar-refractivity contribution in [2.75, 3.05) is 14.1 Å². The molecule has 2 fully saturated rings. The summed E-state index contributed by atoms with van der Waals surface area (Å²) in [5.74, 6) is -0.193. The van der Waals surface area contributed by atoms with E-state index in [9.17, 15) is 9.18 Å². The first kappa shape index (κ1) is 18.3. The van der Waals surface area contributed by atoms with Crippen LogP contribution in [0.5, 0.6) is 0 Å². The van der Waals surface area contributed by atoms with Gasteiger partial charge in [0.2, 0.25) is 5.91 Å². The van der Waals surface area contributed by atoms with Crippen LogP contribution in [0.2, 0.25) is 0 Å². The Labute approximate surface area is 149 Å². The van der Waals surface area contributed by atoms with Crippen LogP contribution in [0.3, 0.4) is 0 Å². The van der Waals surface area contributed by atoms with Crippen LogP contribution < -0.4 is 0 Å². The summed E-state index contributed by atoms with van der Waals surface area (Å²) < 4.78 is 26.4. The van der Waals surface area contributed by atoms with E-state index in [0.717, 1.165) is 12.8 Å². The number of carbonyl (C=O) groups is 1. The van der Waals surface area contributed by atoms with Gasteiger partial charge < -0.3 is 14.4 Å². The number of hydrogen-bond acceptors (Lipinski definition) is 3. The van der Waals surface area contributed by atoms with E-state index in [1.165, 1.54) is 6.07 Å². The van der Waals surface area contributed by atoms with Crippen LogP contribution in [-0.4, -0.2) is 42.2 Å². The Morgan fingerprint density at radius 3 is 2.68 bits per heavy atom. The van der Waals surface area contributed by atoms with Crippen molar-refractivity contribution in [1.29, 1.82) is 0 Å². The highest BCUT2D eigenvalue weighted by Gasteiger charge is 2.66. The first-order valence-electron chi connectivity index (χ1n) is 8.88. The van der Waals surface area contributed by atoms with Crippen LogP contribution in [0.15, 0.2) is 24.3 Å². The Kier molecular flexibility index (Phi) is 4.44. The van der Waals surface area contributed by atoms with Gasteiger partial charge in [0.15, 0.2) is 0 Å². The lowest BCUT2D eigenvalue weighted by atomic mass is 9.66. The summed E-state index contributed by atoms with van der Waals surface area (Å²) in [7, 11) is 3.55. The van der Waals surface area contributed by atoms with Gasteiger partial charge in [0.05, 0.1) is 29.3 Å². The molecular formula is C20H28FNO3. The van der Waals surface area contributed by atoms with Crippen LogP contribution in [0.4, 0.5) is 4.39 Å². The molecule has 2 saturated heterocycles. The van der Waals surface area contributed by atoms with Crippen molar-refractivity contribution < 1.29 is 18.7 Å². The van der Waals surface area contributed by atoms with Gasteiger partial charge in [-0.05, 0) is 39.7 Å². The van der Waals surface area contributed by atoms with Gasteiger partial charge in [0, 0.05) is 26.1 Å². The molecule has 0 aromatic heterocycles. The minimum Gasteiger partial charge on any atom is -0.370 e. The third-order valence-electron chi connectivity index (χ3n) is 6.13. The number of halogens is 1. The molecule has 0 N–H and O–H groups in total. The Morgan fingerprint density at radius 1 is 1.36 bits per heavy atom. The molecule has 0 saturated carbocycles. The molecule has 1 aromatic carbocycles. The lowest BCUT2D eigenvalue weighted by Crippen LogP contribution is -2.52. The molecule has 25 heavy (non-hydrogen) atoms. The minimum atomic E-state index is -0.635. The van der Waals surface area contributed by atoms with Crippen molar-refractivity contribution in [2.24, 2.45) is 5.41 Å². The second kappa shape index (κ2) is 6.06. The quantitative estimate of drug-likeness (QED) is 0.816. The first-order chi connectivity index (χ1) is 11.6. The summed E-state index contributed by atoms with van der Waals surface area (Å²) in [5, 5.41) is 0. The maximum atomic E-state index is 13.8. The van der Waals surface area contributed by atoms with Crippen molar-refractivity contribution >= 4 is 5.91 Å². The first-order valence-corrected chi connectivity index (χ1v) is 8.88. The Morgan fingerprint density at radius 2 is 2.04 bits per heavy atom. The molecule has 2 aliphatic heterocycles. The predicted octanol–water partition coefficient (Wildman–Crippen LogP) is 3.54. The number of fused-ring (bicyclic) bond motifs is 2. The van der Waals surface area contributed by atoms with E-state index in [4.69, 9.17) is 9.47 Å². The number of nitrogens with zero attached hydrogens (tertiary/aromatic N) is 1. The standard InChI is InChI=1S/C20H28FNO3/c1-18(2,17(23)22(4)5)20-11-10-19(3,25-20)16(12-20)24-13-14-8-6-7-9-15(14)21/h6-9,16H,10-13H2,1-5H3. The number of amides is 1. The van der Waals surface area contributed by atoms with E-state index < -0.39 is 16.6 Å². The molecule has 138 valence electrons. The Balaban J connectivity index is 1.77. The van der Waals surface area contributed by atoms with Crippen LogP contribution in [-0.2, 0) is 20.9 Å². The van der Waals surface area contributed by atoms with Crippen LogP contribution in [0.25, 0.3) is 0 Å². The fourth-order valence-corrected chi connectivity index (χ4v) is 4.37. The third kappa shape index (κ3) is 2.87. The molecule has 1 amide bonds. The summed E-state index contributed by atoms with van der Waals surface area (Å²) in [6.07, 6.45) is 2.20. The number of hydrogen-bond donors (Lipinski definition) is 0. The molecule has 0 radical (unpaired) electrons. The van der Waals surface area contributed by atoms with Gasteiger partial charge in [-0.1, -0.05) is 18.2 Å². The smallest absolute Gasteiger partial charge is 0.230 e. The predicted molar refractivity (Wildman–Crippen MR) is 93.5 cm³/mol. The summed E-state index contributed by atoms with van der Waals surface area (Å²) in [6.45, 7) is 6.18. The second-order valence-corrected chi connectivity index (χ2v) is 8.33. The molecule has 3 unspecified atom stereocenters. The van der Waals surface area contributed by atoms with Crippen molar-refractivity contribution in [3.05, 3.63) is 35.6 Å². The SMILES string of the molecule is CN(C)C(=O)C(C)(C)C12CCC(C)(O1)C(OCc1ccccc1F)C2. The number of rotatable bonds is 5. The second-order valence-electron chi connectivity index (χ2n) is 8.33. The normalized spacial score (nSPS) is 31.4. The van der Waals surface area contributed by atoms with Crippen LogP contribution in [0.1, 0.15) is 45.6 Å². The van der Waals surface area contributed by atoms with E-state index >= 15 is 0 Å². The lowest BCUT2D eigenvalue weighted by Gasteiger charge is -2.41. The zero-order chi connectivity index (χ0) is 18.5. The molecule has 2 heterocycles. The largest absolute Gasteiger partial charge is 0.370 e. The minimum absolute atomic E-state index is 0.0616. The molecule has 2 bridgehead atoms. The Hall–Kier alpha value is -1.46. The average Bonchev–Trinajstić information content (AvgIpc) is 3.05. The molecule has 0 aliphatic carbocycles. The fraction of sp³-hybridized carbons (Fsp3) is 0.650. The van der Waals surface area contributed by atoms with Gasteiger partial charge in [-0.15, -0.1) is 0 Å². The molecule has 1 aromatic rings.